The van der Waals surface area contributed by atoms with E-state index in [0.29, 0.717) is 29.4 Å². The third-order valence-corrected chi connectivity index (χ3v) is 6.50. The van der Waals surface area contributed by atoms with Crippen molar-refractivity contribution in [2.75, 3.05) is 25.6 Å². The van der Waals surface area contributed by atoms with E-state index in [1.165, 1.54) is 11.3 Å². The van der Waals surface area contributed by atoms with E-state index >= 15 is 0 Å². The molecule has 7 heteroatoms. The second-order valence-electron chi connectivity index (χ2n) is 6.99. The minimum Gasteiger partial charge on any atom is -0.383 e. The number of halogens is 1. The Labute approximate surface area is 184 Å². The lowest BCUT2D eigenvalue weighted by Gasteiger charge is -2.41. The number of benzene rings is 2. The van der Waals surface area contributed by atoms with Gasteiger partial charge in [0.1, 0.15) is 0 Å². The van der Waals surface area contributed by atoms with Crippen molar-refractivity contribution >= 4 is 40.4 Å². The largest absolute Gasteiger partial charge is 0.383 e. The van der Waals surface area contributed by atoms with Gasteiger partial charge in [-0.3, -0.25) is 9.59 Å². The van der Waals surface area contributed by atoms with Crippen LogP contribution in [0.15, 0.2) is 66.0 Å². The zero-order valence-electron chi connectivity index (χ0n) is 16.4. The Bertz CT molecular complexity index is 1050. The Balaban J connectivity index is 1.81. The molecule has 2 amide bonds. The minimum atomic E-state index is -0.578. The normalized spacial score (nSPS) is 18.2. The van der Waals surface area contributed by atoms with Gasteiger partial charge in [-0.05, 0) is 35.2 Å². The molecule has 0 spiro atoms. The first-order valence-corrected chi connectivity index (χ1v) is 10.8. The molecule has 1 aliphatic rings. The van der Waals surface area contributed by atoms with Crippen LogP contribution in [0.4, 0.5) is 5.69 Å². The quantitative estimate of drug-likeness (QED) is 0.588. The molecule has 0 bridgehead atoms. The standard InChI is InChI=1S/C23H21ClN2O3S/c1-29-13-12-26-21(19-11-6-14-30-19)20(15-7-2-3-8-16(15)23(26)28)22(27)25-18-10-5-4-9-17(18)24/h2-11,14,20-21H,12-13H2,1H3,(H,25,27)/t20-,21-/m0/s1. The summed E-state index contributed by atoms with van der Waals surface area (Å²) in [5.41, 5.74) is 1.81. The summed E-state index contributed by atoms with van der Waals surface area (Å²) < 4.78 is 5.25. The highest BCUT2D eigenvalue weighted by atomic mass is 35.5. The van der Waals surface area contributed by atoms with E-state index < -0.39 is 12.0 Å². The number of hydrogen-bond donors (Lipinski definition) is 1. The van der Waals surface area contributed by atoms with Gasteiger partial charge in [-0.15, -0.1) is 11.3 Å². The van der Waals surface area contributed by atoms with Gasteiger partial charge in [0.25, 0.3) is 5.91 Å². The number of para-hydroxylation sites is 1. The average Bonchev–Trinajstić information content (AvgIpc) is 3.29. The average molecular weight is 441 g/mol. The van der Waals surface area contributed by atoms with E-state index in [1.807, 2.05) is 47.8 Å². The third kappa shape index (κ3) is 3.86. The molecule has 0 aliphatic carbocycles. The number of fused-ring (bicyclic) bond motifs is 1. The predicted molar refractivity (Wildman–Crippen MR) is 119 cm³/mol. The number of amides is 2. The van der Waals surface area contributed by atoms with Crippen LogP contribution in [0, 0.1) is 0 Å². The number of ether oxygens (including phenoxy) is 1. The van der Waals surface area contributed by atoms with Gasteiger partial charge in [0, 0.05) is 24.1 Å². The van der Waals surface area contributed by atoms with Gasteiger partial charge in [-0.2, -0.15) is 0 Å². The molecule has 2 atom stereocenters. The molecule has 1 aromatic heterocycles. The maximum absolute atomic E-state index is 13.6. The SMILES string of the molecule is COCCN1C(=O)c2ccccc2[C@H](C(=O)Nc2ccccc2Cl)[C@@H]1c1cccs1. The highest BCUT2D eigenvalue weighted by molar-refractivity contribution is 7.10. The summed E-state index contributed by atoms with van der Waals surface area (Å²) in [6, 6.07) is 17.9. The molecule has 4 rings (SSSR count). The molecule has 0 fully saturated rings. The number of rotatable bonds is 6. The first-order valence-electron chi connectivity index (χ1n) is 9.59. The van der Waals surface area contributed by atoms with Crippen molar-refractivity contribution in [1.29, 1.82) is 0 Å². The van der Waals surface area contributed by atoms with Gasteiger partial charge >= 0.3 is 0 Å². The number of methoxy groups -OCH3 is 1. The van der Waals surface area contributed by atoms with Gasteiger partial charge in [0.15, 0.2) is 0 Å². The van der Waals surface area contributed by atoms with E-state index in [1.54, 1.807) is 30.2 Å². The number of thiophene rings is 1. The van der Waals surface area contributed by atoms with Crippen LogP contribution in [-0.2, 0) is 9.53 Å². The monoisotopic (exact) mass is 440 g/mol. The second-order valence-corrected chi connectivity index (χ2v) is 8.37. The molecule has 0 saturated carbocycles. The lowest BCUT2D eigenvalue weighted by molar-refractivity contribution is -0.119. The van der Waals surface area contributed by atoms with Gasteiger partial charge in [-0.25, -0.2) is 0 Å². The van der Waals surface area contributed by atoms with Crippen molar-refractivity contribution in [2.24, 2.45) is 0 Å². The molecule has 0 saturated heterocycles. The summed E-state index contributed by atoms with van der Waals surface area (Å²) in [7, 11) is 1.60. The highest BCUT2D eigenvalue weighted by Gasteiger charge is 2.44. The van der Waals surface area contributed by atoms with E-state index in [4.69, 9.17) is 16.3 Å². The zero-order valence-corrected chi connectivity index (χ0v) is 18.0. The molecular formula is C23H21ClN2O3S. The van der Waals surface area contributed by atoms with E-state index in [2.05, 4.69) is 5.32 Å². The zero-order chi connectivity index (χ0) is 21.1. The minimum absolute atomic E-state index is 0.0946. The fourth-order valence-electron chi connectivity index (χ4n) is 3.86. The smallest absolute Gasteiger partial charge is 0.254 e. The molecule has 2 heterocycles. The molecule has 0 radical (unpaired) electrons. The molecule has 5 nitrogen and oxygen atoms in total. The number of anilines is 1. The fourth-order valence-corrected chi connectivity index (χ4v) is 4.92. The Morgan fingerprint density at radius 3 is 2.63 bits per heavy atom. The van der Waals surface area contributed by atoms with Gasteiger partial charge in [-0.1, -0.05) is 48.0 Å². The van der Waals surface area contributed by atoms with Crippen molar-refractivity contribution in [3.63, 3.8) is 0 Å². The Morgan fingerprint density at radius 2 is 1.90 bits per heavy atom. The van der Waals surface area contributed by atoms with Gasteiger partial charge in [0.2, 0.25) is 5.91 Å². The van der Waals surface area contributed by atoms with Gasteiger partial charge in [0.05, 0.1) is 29.3 Å². The van der Waals surface area contributed by atoms with Crippen molar-refractivity contribution < 1.29 is 14.3 Å². The summed E-state index contributed by atoms with van der Waals surface area (Å²) in [5.74, 6) is -0.877. The Morgan fingerprint density at radius 1 is 1.13 bits per heavy atom. The van der Waals surface area contributed by atoms with Crippen LogP contribution < -0.4 is 5.32 Å². The molecule has 3 aromatic rings. The van der Waals surface area contributed by atoms with E-state index in [0.717, 1.165) is 10.4 Å². The van der Waals surface area contributed by atoms with Crippen LogP contribution in [0.2, 0.25) is 5.02 Å². The Hall–Kier alpha value is -2.67. The van der Waals surface area contributed by atoms with Crippen molar-refractivity contribution in [2.45, 2.75) is 12.0 Å². The predicted octanol–water partition coefficient (Wildman–Crippen LogP) is 4.97. The summed E-state index contributed by atoms with van der Waals surface area (Å²) >= 11 is 7.80. The van der Waals surface area contributed by atoms with Crippen molar-refractivity contribution in [3.05, 3.63) is 87.1 Å². The number of hydrogen-bond acceptors (Lipinski definition) is 4. The van der Waals surface area contributed by atoms with Crippen LogP contribution in [0.1, 0.15) is 32.8 Å². The first kappa shape index (κ1) is 20.6. The van der Waals surface area contributed by atoms with Crippen LogP contribution in [-0.4, -0.2) is 37.0 Å². The second kappa shape index (κ2) is 9.00. The van der Waals surface area contributed by atoms with Crippen LogP contribution in [0.3, 0.4) is 0 Å². The molecular weight excluding hydrogens is 420 g/mol. The topological polar surface area (TPSA) is 58.6 Å². The lowest BCUT2D eigenvalue weighted by Crippen LogP contribution is -2.47. The van der Waals surface area contributed by atoms with Gasteiger partial charge < -0.3 is 15.0 Å². The van der Waals surface area contributed by atoms with Crippen LogP contribution >= 0.6 is 22.9 Å². The maximum atomic E-state index is 13.6. The number of nitrogens with zero attached hydrogens (tertiary/aromatic N) is 1. The third-order valence-electron chi connectivity index (χ3n) is 5.22. The van der Waals surface area contributed by atoms with Crippen molar-refractivity contribution in [3.8, 4) is 0 Å². The van der Waals surface area contributed by atoms with E-state index in [-0.39, 0.29) is 11.8 Å². The molecule has 2 aromatic carbocycles. The Kier molecular flexibility index (Phi) is 6.18. The number of nitrogens with one attached hydrogen (secondary N) is 1. The molecule has 30 heavy (non-hydrogen) atoms. The summed E-state index contributed by atoms with van der Waals surface area (Å²) in [6.07, 6.45) is 0. The summed E-state index contributed by atoms with van der Waals surface area (Å²) in [4.78, 5) is 29.6. The van der Waals surface area contributed by atoms with Crippen LogP contribution in [0.5, 0.6) is 0 Å². The highest BCUT2D eigenvalue weighted by Crippen LogP contribution is 2.44. The van der Waals surface area contributed by atoms with Crippen molar-refractivity contribution in [1.82, 2.24) is 4.90 Å². The van der Waals surface area contributed by atoms with Crippen LogP contribution in [0.25, 0.3) is 0 Å². The number of carbonyl (C=O) groups excluding carboxylic acids is 2. The lowest BCUT2D eigenvalue weighted by atomic mass is 9.81. The molecule has 154 valence electrons. The molecule has 1 aliphatic heterocycles. The molecule has 1 N–H and O–H groups in total. The maximum Gasteiger partial charge on any atom is 0.254 e. The fraction of sp³-hybridized carbons (Fsp3) is 0.217. The summed E-state index contributed by atoms with van der Waals surface area (Å²) in [6.45, 7) is 0.775. The first-order chi connectivity index (χ1) is 14.6. The van der Waals surface area contributed by atoms with E-state index in [9.17, 15) is 9.59 Å². The summed E-state index contributed by atoms with van der Waals surface area (Å²) in [5, 5.41) is 5.39. The molecule has 0 unspecified atom stereocenters. The number of carbonyl (C=O) groups is 2.